The van der Waals surface area contributed by atoms with E-state index < -0.39 is 0 Å². The van der Waals surface area contributed by atoms with E-state index in [0.717, 1.165) is 16.3 Å². The number of hydrogen-bond acceptors (Lipinski definition) is 4. The quantitative estimate of drug-likeness (QED) is 0.687. The van der Waals surface area contributed by atoms with Crippen LogP contribution in [0.15, 0.2) is 35.7 Å². The fourth-order valence-corrected chi connectivity index (χ4v) is 3.23. The number of urea groups is 1. The predicted octanol–water partition coefficient (Wildman–Crippen LogP) is 3.06. The van der Waals surface area contributed by atoms with Crippen molar-refractivity contribution in [3.05, 3.63) is 41.4 Å². The fraction of sp³-hybridized carbons (Fsp3) is 0.444. The maximum absolute atomic E-state index is 11.9. The van der Waals surface area contributed by atoms with Crippen molar-refractivity contribution >= 4 is 17.4 Å². The Labute approximate surface area is 147 Å². The molecule has 0 radical (unpaired) electrons. The van der Waals surface area contributed by atoms with Crippen molar-refractivity contribution in [2.45, 2.75) is 32.7 Å². The maximum atomic E-state index is 11.9. The summed E-state index contributed by atoms with van der Waals surface area (Å²) >= 11 is 1.62. The molecule has 130 valence electrons. The van der Waals surface area contributed by atoms with E-state index in [0.29, 0.717) is 19.4 Å². The van der Waals surface area contributed by atoms with Gasteiger partial charge in [0.1, 0.15) is 5.01 Å². The second-order valence-corrected chi connectivity index (χ2v) is 6.88. The lowest BCUT2D eigenvalue weighted by molar-refractivity contribution is 0.219. The van der Waals surface area contributed by atoms with Gasteiger partial charge in [0.15, 0.2) is 0 Å². The van der Waals surface area contributed by atoms with E-state index >= 15 is 0 Å². The van der Waals surface area contributed by atoms with Gasteiger partial charge in [-0.1, -0.05) is 44.2 Å². The zero-order chi connectivity index (χ0) is 17.4. The van der Waals surface area contributed by atoms with E-state index in [4.69, 9.17) is 5.11 Å². The third-order valence-electron chi connectivity index (χ3n) is 3.80. The standard InChI is InChI=1S/C18H25N3O2S/c1-13(2)16(9-11-22)21-18(23)19-10-8-15-12-24-17(20-15)14-6-4-3-5-7-14/h3-7,12-13,16,22H,8-11H2,1-2H3,(H2,19,21,23). The van der Waals surface area contributed by atoms with Crippen molar-refractivity contribution in [2.75, 3.05) is 13.2 Å². The van der Waals surface area contributed by atoms with Gasteiger partial charge in [-0.15, -0.1) is 11.3 Å². The molecular formula is C18H25N3O2S. The molecule has 1 atom stereocenters. The molecule has 0 aliphatic rings. The summed E-state index contributed by atoms with van der Waals surface area (Å²) in [5.41, 5.74) is 2.10. The molecule has 24 heavy (non-hydrogen) atoms. The fourth-order valence-electron chi connectivity index (χ4n) is 2.37. The molecule has 2 amide bonds. The Kier molecular flexibility index (Phi) is 7.21. The van der Waals surface area contributed by atoms with Gasteiger partial charge in [0.25, 0.3) is 0 Å². The van der Waals surface area contributed by atoms with Gasteiger partial charge in [-0.3, -0.25) is 0 Å². The topological polar surface area (TPSA) is 74.2 Å². The summed E-state index contributed by atoms with van der Waals surface area (Å²) in [4.78, 5) is 16.5. The third-order valence-corrected chi connectivity index (χ3v) is 4.74. The van der Waals surface area contributed by atoms with Crippen molar-refractivity contribution < 1.29 is 9.90 Å². The predicted molar refractivity (Wildman–Crippen MR) is 98.1 cm³/mol. The van der Waals surface area contributed by atoms with Crippen LogP contribution < -0.4 is 10.6 Å². The molecule has 0 bridgehead atoms. The van der Waals surface area contributed by atoms with Crippen LogP contribution in [0.2, 0.25) is 0 Å². The molecule has 5 nitrogen and oxygen atoms in total. The summed E-state index contributed by atoms with van der Waals surface area (Å²) in [6, 6.07) is 9.87. The number of carbonyl (C=O) groups is 1. The highest BCUT2D eigenvalue weighted by Crippen LogP contribution is 2.23. The largest absolute Gasteiger partial charge is 0.396 e. The first kappa shape index (κ1) is 18.4. The molecule has 6 heteroatoms. The first-order chi connectivity index (χ1) is 11.6. The van der Waals surface area contributed by atoms with E-state index in [2.05, 4.69) is 15.6 Å². The van der Waals surface area contributed by atoms with Crippen LogP contribution in [0, 0.1) is 5.92 Å². The number of aromatic nitrogens is 1. The average molecular weight is 347 g/mol. The van der Waals surface area contributed by atoms with Crippen LogP contribution in [0.5, 0.6) is 0 Å². The first-order valence-corrected chi connectivity index (χ1v) is 9.13. The molecule has 1 heterocycles. The molecule has 0 saturated heterocycles. The Morgan fingerprint density at radius 2 is 2.04 bits per heavy atom. The van der Waals surface area contributed by atoms with Gasteiger partial charge in [0.2, 0.25) is 0 Å². The minimum atomic E-state index is -0.194. The Hall–Kier alpha value is -1.92. The Bertz CT molecular complexity index is 628. The number of nitrogens with zero attached hydrogens (tertiary/aromatic N) is 1. The van der Waals surface area contributed by atoms with Gasteiger partial charge in [0.05, 0.1) is 5.69 Å². The summed E-state index contributed by atoms with van der Waals surface area (Å²) in [7, 11) is 0. The van der Waals surface area contributed by atoms with Gasteiger partial charge in [0, 0.05) is 36.6 Å². The Morgan fingerprint density at radius 3 is 2.71 bits per heavy atom. The highest BCUT2D eigenvalue weighted by atomic mass is 32.1. The van der Waals surface area contributed by atoms with E-state index in [1.54, 1.807) is 11.3 Å². The van der Waals surface area contributed by atoms with Gasteiger partial charge in [-0.05, 0) is 12.3 Å². The maximum Gasteiger partial charge on any atom is 0.315 e. The molecule has 2 aromatic rings. The number of carbonyl (C=O) groups excluding carboxylic acids is 1. The molecule has 2 rings (SSSR count). The highest BCUT2D eigenvalue weighted by Gasteiger charge is 2.15. The van der Waals surface area contributed by atoms with Crippen LogP contribution in [0.3, 0.4) is 0 Å². The number of thiazole rings is 1. The summed E-state index contributed by atoms with van der Waals surface area (Å²) in [5, 5.41) is 17.8. The van der Waals surface area contributed by atoms with Crippen LogP contribution in [0.1, 0.15) is 26.0 Å². The molecule has 0 aliphatic heterocycles. The van der Waals surface area contributed by atoms with Gasteiger partial charge in [-0.25, -0.2) is 9.78 Å². The van der Waals surface area contributed by atoms with Crippen molar-refractivity contribution in [2.24, 2.45) is 5.92 Å². The lowest BCUT2D eigenvalue weighted by Gasteiger charge is -2.21. The van der Waals surface area contributed by atoms with Crippen molar-refractivity contribution in [3.8, 4) is 10.6 Å². The molecule has 1 unspecified atom stereocenters. The summed E-state index contributed by atoms with van der Waals surface area (Å²) in [6.45, 7) is 4.67. The lowest BCUT2D eigenvalue weighted by Crippen LogP contribution is -2.45. The minimum absolute atomic E-state index is 0.0149. The molecule has 1 aromatic heterocycles. The lowest BCUT2D eigenvalue weighted by atomic mass is 10.0. The number of nitrogens with one attached hydrogen (secondary N) is 2. The monoisotopic (exact) mass is 347 g/mol. The number of aliphatic hydroxyl groups is 1. The summed E-state index contributed by atoms with van der Waals surface area (Å²) < 4.78 is 0. The van der Waals surface area contributed by atoms with E-state index in [1.807, 2.05) is 49.6 Å². The van der Waals surface area contributed by atoms with Crippen molar-refractivity contribution in [3.63, 3.8) is 0 Å². The third kappa shape index (κ3) is 5.62. The summed E-state index contributed by atoms with van der Waals surface area (Å²) in [5.74, 6) is 0.287. The van der Waals surface area contributed by atoms with Crippen LogP contribution >= 0.6 is 11.3 Å². The van der Waals surface area contributed by atoms with E-state index in [-0.39, 0.29) is 24.6 Å². The zero-order valence-corrected chi connectivity index (χ0v) is 15.0. The molecule has 0 aliphatic carbocycles. The van der Waals surface area contributed by atoms with Crippen LogP contribution in [0.25, 0.3) is 10.6 Å². The van der Waals surface area contributed by atoms with E-state index in [9.17, 15) is 4.79 Å². The molecule has 0 saturated carbocycles. The second-order valence-electron chi connectivity index (χ2n) is 6.02. The number of benzene rings is 1. The second kappa shape index (κ2) is 9.39. The van der Waals surface area contributed by atoms with Crippen molar-refractivity contribution in [1.29, 1.82) is 0 Å². The normalized spacial score (nSPS) is 12.2. The van der Waals surface area contributed by atoms with Crippen LogP contribution in [0.4, 0.5) is 4.79 Å². The van der Waals surface area contributed by atoms with E-state index in [1.165, 1.54) is 0 Å². The van der Waals surface area contributed by atoms with Crippen LogP contribution in [-0.4, -0.2) is 35.3 Å². The van der Waals surface area contributed by atoms with Gasteiger partial charge < -0.3 is 15.7 Å². The van der Waals surface area contributed by atoms with Gasteiger partial charge in [-0.2, -0.15) is 0 Å². The first-order valence-electron chi connectivity index (χ1n) is 8.25. The highest BCUT2D eigenvalue weighted by molar-refractivity contribution is 7.13. The number of aliphatic hydroxyl groups excluding tert-OH is 1. The summed E-state index contributed by atoms with van der Waals surface area (Å²) in [6.07, 6.45) is 1.26. The SMILES string of the molecule is CC(C)C(CCO)NC(=O)NCCc1csc(-c2ccccc2)n1. The molecule has 0 fully saturated rings. The number of amides is 2. The van der Waals surface area contributed by atoms with Crippen LogP contribution in [-0.2, 0) is 6.42 Å². The minimum Gasteiger partial charge on any atom is -0.396 e. The Morgan fingerprint density at radius 1 is 1.29 bits per heavy atom. The zero-order valence-electron chi connectivity index (χ0n) is 14.2. The number of rotatable bonds is 8. The molecule has 3 N–H and O–H groups in total. The van der Waals surface area contributed by atoms with Gasteiger partial charge >= 0.3 is 6.03 Å². The molecule has 1 aromatic carbocycles. The average Bonchev–Trinajstić information content (AvgIpc) is 3.04. The molecular weight excluding hydrogens is 322 g/mol. The smallest absolute Gasteiger partial charge is 0.315 e. The molecule has 0 spiro atoms. The number of hydrogen-bond donors (Lipinski definition) is 3. The Balaban J connectivity index is 1.78. The van der Waals surface area contributed by atoms with Crippen molar-refractivity contribution in [1.82, 2.24) is 15.6 Å².